The molecule has 5 nitrogen and oxygen atoms in total. The van der Waals surface area contributed by atoms with Crippen molar-refractivity contribution in [2.24, 2.45) is 0 Å². The largest absolute Gasteiger partial charge is 0.469 e. The number of aromatic nitrogens is 1. The molecule has 1 aromatic heterocycles. The van der Waals surface area contributed by atoms with E-state index in [1.807, 2.05) is 30.3 Å². The van der Waals surface area contributed by atoms with Gasteiger partial charge in [0.2, 0.25) is 0 Å². The zero-order valence-corrected chi connectivity index (χ0v) is 12.6. The van der Waals surface area contributed by atoms with Gasteiger partial charge in [-0.2, -0.15) is 0 Å². The van der Waals surface area contributed by atoms with E-state index in [2.05, 4.69) is 20.4 Å². The Morgan fingerprint density at radius 2 is 2.14 bits per heavy atom. The van der Waals surface area contributed by atoms with Crippen molar-refractivity contribution in [3.63, 3.8) is 0 Å². The summed E-state index contributed by atoms with van der Waals surface area (Å²) in [7, 11) is 1.38. The van der Waals surface area contributed by atoms with Gasteiger partial charge in [0.25, 0.3) is 0 Å². The first-order valence-corrected chi connectivity index (χ1v) is 7.07. The summed E-state index contributed by atoms with van der Waals surface area (Å²) in [6.07, 6.45) is 2.80. The van der Waals surface area contributed by atoms with Crippen molar-refractivity contribution in [3.05, 3.63) is 36.5 Å². The smallest absolute Gasteiger partial charge is 0.305 e. The van der Waals surface area contributed by atoms with Gasteiger partial charge in [0.1, 0.15) is 0 Å². The van der Waals surface area contributed by atoms with Gasteiger partial charge in [-0.3, -0.25) is 9.78 Å². The van der Waals surface area contributed by atoms with Crippen molar-refractivity contribution < 1.29 is 9.53 Å². The number of esters is 1. The number of ether oxygens (including phenoxy) is 1. The minimum atomic E-state index is -0.214. The Hall–Kier alpha value is -2.21. The molecule has 0 aliphatic rings. The quantitative estimate of drug-likeness (QED) is 0.503. The van der Waals surface area contributed by atoms with Gasteiger partial charge in [0.15, 0.2) is 5.11 Å². The molecule has 0 spiro atoms. The summed E-state index contributed by atoms with van der Waals surface area (Å²) < 4.78 is 4.58. The van der Waals surface area contributed by atoms with Crippen LogP contribution in [0.2, 0.25) is 0 Å². The number of anilines is 1. The number of pyridine rings is 1. The predicted octanol–water partition coefficient (Wildman–Crippen LogP) is 2.47. The number of carbonyl (C=O) groups excluding carboxylic acids is 1. The van der Waals surface area contributed by atoms with Crippen LogP contribution in [0.25, 0.3) is 10.9 Å². The SMILES string of the molecule is COC(=O)CCCNC(=S)Nc1cccc2cccnc12. The second-order valence-corrected chi connectivity index (χ2v) is 4.85. The van der Waals surface area contributed by atoms with Crippen molar-refractivity contribution in [3.8, 4) is 0 Å². The molecule has 110 valence electrons. The summed E-state index contributed by atoms with van der Waals surface area (Å²) in [6.45, 7) is 0.610. The number of para-hydroxylation sites is 1. The average molecular weight is 303 g/mol. The maximum Gasteiger partial charge on any atom is 0.305 e. The van der Waals surface area contributed by atoms with Gasteiger partial charge in [0.05, 0.1) is 18.3 Å². The van der Waals surface area contributed by atoms with Crippen LogP contribution >= 0.6 is 12.2 Å². The van der Waals surface area contributed by atoms with Crippen LogP contribution in [0.15, 0.2) is 36.5 Å². The fraction of sp³-hybridized carbons (Fsp3) is 0.267. The normalized spacial score (nSPS) is 10.1. The second-order valence-electron chi connectivity index (χ2n) is 4.44. The Bertz CT molecular complexity index is 640. The zero-order valence-electron chi connectivity index (χ0n) is 11.8. The first-order chi connectivity index (χ1) is 10.2. The molecule has 0 saturated carbocycles. The van der Waals surface area contributed by atoms with Crippen LogP contribution in [-0.2, 0) is 9.53 Å². The maximum absolute atomic E-state index is 11.0. The van der Waals surface area contributed by atoms with Gasteiger partial charge in [-0.15, -0.1) is 0 Å². The third kappa shape index (κ3) is 4.39. The molecule has 2 aromatic rings. The number of carbonyl (C=O) groups is 1. The molecule has 0 saturated heterocycles. The van der Waals surface area contributed by atoms with Crippen molar-refractivity contribution in [2.45, 2.75) is 12.8 Å². The molecule has 0 amide bonds. The van der Waals surface area contributed by atoms with E-state index in [0.717, 1.165) is 16.6 Å². The van der Waals surface area contributed by atoms with Gasteiger partial charge >= 0.3 is 5.97 Å². The van der Waals surface area contributed by atoms with E-state index >= 15 is 0 Å². The molecule has 0 unspecified atom stereocenters. The number of methoxy groups -OCH3 is 1. The average Bonchev–Trinajstić information content (AvgIpc) is 2.51. The molecule has 1 aromatic carbocycles. The number of hydrogen-bond acceptors (Lipinski definition) is 4. The van der Waals surface area contributed by atoms with Gasteiger partial charge < -0.3 is 15.4 Å². The number of benzene rings is 1. The highest BCUT2D eigenvalue weighted by Gasteiger charge is 2.04. The van der Waals surface area contributed by atoms with Gasteiger partial charge in [-0.25, -0.2) is 0 Å². The molecule has 1 heterocycles. The lowest BCUT2D eigenvalue weighted by Gasteiger charge is -2.11. The van der Waals surface area contributed by atoms with Crippen LogP contribution in [0.5, 0.6) is 0 Å². The standard InChI is InChI=1S/C15H17N3O2S/c1-20-13(19)8-4-10-17-15(21)18-12-7-2-5-11-6-3-9-16-14(11)12/h2-3,5-7,9H,4,8,10H2,1H3,(H2,17,18,21). The maximum atomic E-state index is 11.0. The minimum Gasteiger partial charge on any atom is -0.469 e. The lowest BCUT2D eigenvalue weighted by molar-refractivity contribution is -0.140. The van der Waals surface area contributed by atoms with Gasteiger partial charge in [-0.05, 0) is 30.8 Å². The van der Waals surface area contributed by atoms with Gasteiger partial charge in [-0.1, -0.05) is 18.2 Å². The highest BCUT2D eigenvalue weighted by atomic mass is 32.1. The number of thiocarbonyl (C=S) groups is 1. The van der Waals surface area contributed by atoms with E-state index < -0.39 is 0 Å². The van der Waals surface area contributed by atoms with Crippen molar-refractivity contribution >= 4 is 39.9 Å². The number of fused-ring (bicyclic) bond motifs is 1. The van der Waals surface area contributed by atoms with Crippen LogP contribution < -0.4 is 10.6 Å². The zero-order chi connectivity index (χ0) is 15.1. The third-order valence-corrected chi connectivity index (χ3v) is 3.20. The second kappa shape index (κ2) is 7.54. The summed E-state index contributed by atoms with van der Waals surface area (Å²) in [6, 6.07) is 9.78. The molecule has 0 fully saturated rings. The Labute approximate surface area is 128 Å². The molecule has 6 heteroatoms. The van der Waals surface area contributed by atoms with Crippen LogP contribution in [0.1, 0.15) is 12.8 Å². The highest BCUT2D eigenvalue weighted by molar-refractivity contribution is 7.80. The Morgan fingerprint density at radius 1 is 1.33 bits per heavy atom. The van der Waals surface area contributed by atoms with E-state index in [1.54, 1.807) is 6.20 Å². The summed E-state index contributed by atoms with van der Waals surface area (Å²) in [5.74, 6) is -0.214. The van der Waals surface area contributed by atoms with Crippen molar-refractivity contribution in [1.29, 1.82) is 0 Å². The summed E-state index contributed by atoms with van der Waals surface area (Å²) in [4.78, 5) is 15.3. The third-order valence-electron chi connectivity index (χ3n) is 2.95. The summed E-state index contributed by atoms with van der Waals surface area (Å²) in [5, 5.41) is 7.75. The van der Waals surface area contributed by atoms with Gasteiger partial charge in [0, 0.05) is 24.5 Å². The fourth-order valence-electron chi connectivity index (χ4n) is 1.91. The molecule has 2 rings (SSSR count). The molecule has 0 atom stereocenters. The molecule has 2 N–H and O–H groups in total. The molecule has 0 bridgehead atoms. The topological polar surface area (TPSA) is 63.2 Å². The van der Waals surface area contributed by atoms with E-state index in [4.69, 9.17) is 12.2 Å². The predicted molar refractivity (Wildman–Crippen MR) is 87.2 cm³/mol. The van der Waals surface area contributed by atoms with Crippen molar-refractivity contribution in [2.75, 3.05) is 19.0 Å². The molecular formula is C15H17N3O2S. The first-order valence-electron chi connectivity index (χ1n) is 6.66. The monoisotopic (exact) mass is 303 g/mol. The van der Waals surface area contributed by atoms with Crippen LogP contribution in [-0.4, -0.2) is 29.7 Å². The van der Waals surface area contributed by atoms with E-state index in [0.29, 0.717) is 24.5 Å². The van der Waals surface area contributed by atoms with Crippen molar-refractivity contribution in [1.82, 2.24) is 10.3 Å². The molecule has 0 aliphatic heterocycles. The van der Waals surface area contributed by atoms with Crippen LogP contribution in [0.3, 0.4) is 0 Å². The number of rotatable bonds is 5. The number of nitrogens with zero attached hydrogens (tertiary/aromatic N) is 1. The minimum absolute atomic E-state index is 0.214. The van der Waals surface area contributed by atoms with E-state index in [9.17, 15) is 4.79 Å². The molecule has 0 radical (unpaired) electrons. The first kappa shape index (κ1) is 15.2. The van der Waals surface area contributed by atoms with E-state index in [-0.39, 0.29) is 5.97 Å². The Balaban J connectivity index is 1.88. The summed E-state index contributed by atoms with van der Waals surface area (Å²) >= 11 is 5.24. The molecular weight excluding hydrogens is 286 g/mol. The fourth-order valence-corrected chi connectivity index (χ4v) is 2.12. The summed E-state index contributed by atoms with van der Waals surface area (Å²) in [5.41, 5.74) is 1.73. The molecule has 21 heavy (non-hydrogen) atoms. The van der Waals surface area contributed by atoms with Crippen LogP contribution in [0, 0.1) is 0 Å². The lowest BCUT2D eigenvalue weighted by Crippen LogP contribution is -2.29. The highest BCUT2D eigenvalue weighted by Crippen LogP contribution is 2.20. The number of nitrogens with one attached hydrogen (secondary N) is 2. The van der Waals surface area contributed by atoms with Crippen LogP contribution in [0.4, 0.5) is 5.69 Å². The van der Waals surface area contributed by atoms with E-state index in [1.165, 1.54) is 7.11 Å². The Morgan fingerprint density at radius 3 is 2.95 bits per heavy atom. The molecule has 0 aliphatic carbocycles. The Kier molecular flexibility index (Phi) is 5.45. The lowest BCUT2D eigenvalue weighted by atomic mass is 10.2. The number of hydrogen-bond donors (Lipinski definition) is 2.